The number of benzene rings is 2. The molecule has 0 fully saturated rings. The molecule has 1 atom stereocenters. The Morgan fingerprint density at radius 3 is 2.53 bits per heavy atom. The molecule has 0 bridgehead atoms. The normalized spacial score (nSPS) is 14.3. The summed E-state index contributed by atoms with van der Waals surface area (Å²) in [6.07, 6.45) is -4.78. The molecule has 2 heterocycles. The minimum absolute atomic E-state index is 0. The van der Waals surface area contributed by atoms with Crippen molar-refractivity contribution in [3.63, 3.8) is 0 Å². The predicted molar refractivity (Wildman–Crippen MR) is 123 cm³/mol. The molecule has 12 heteroatoms. The summed E-state index contributed by atoms with van der Waals surface area (Å²) in [5.74, 6) is -1.82. The Morgan fingerprint density at radius 2 is 1.86 bits per heavy atom. The van der Waals surface area contributed by atoms with Crippen LogP contribution in [-0.4, -0.2) is 56.1 Å². The molecule has 0 spiro atoms. The molecule has 0 saturated carbocycles. The molecule has 1 N–H and O–H groups in total. The zero-order valence-corrected chi connectivity index (χ0v) is 19.6. The van der Waals surface area contributed by atoms with E-state index in [1.807, 2.05) is 35.2 Å². The molecule has 1 aliphatic heterocycles. The maximum Gasteiger partial charge on any atom is 0.451 e. The Bertz CT molecular complexity index is 1240. The first-order valence-corrected chi connectivity index (χ1v) is 10.9. The second-order valence-electron chi connectivity index (χ2n) is 8.26. The van der Waals surface area contributed by atoms with Crippen molar-refractivity contribution in [2.24, 2.45) is 0 Å². The van der Waals surface area contributed by atoms with E-state index in [4.69, 9.17) is 9.84 Å². The maximum atomic E-state index is 13.0. The van der Waals surface area contributed by atoms with E-state index in [9.17, 15) is 23.2 Å². The molecule has 1 aromatic heterocycles. The third-order valence-electron chi connectivity index (χ3n) is 5.71. The molecule has 1 unspecified atom stereocenters. The van der Waals surface area contributed by atoms with Gasteiger partial charge in [-0.05, 0) is 28.8 Å². The number of aliphatic carboxylic acids is 1. The monoisotopic (exact) mass is 492 g/mol. The van der Waals surface area contributed by atoms with Crippen LogP contribution in [0.2, 0.25) is 0 Å². The molecule has 1 radical (unpaired) electrons. The van der Waals surface area contributed by atoms with Gasteiger partial charge in [-0.15, -0.1) is 10.2 Å². The van der Waals surface area contributed by atoms with Gasteiger partial charge in [0, 0.05) is 38.5 Å². The summed E-state index contributed by atoms with van der Waals surface area (Å²) in [5.41, 5.74) is 2.53. The molecule has 4 rings (SSSR count). The van der Waals surface area contributed by atoms with Crippen LogP contribution < -0.4 is 4.74 Å². The van der Waals surface area contributed by atoms with Gasteiger partial charge >= 0.3 is 12.1 Å². The summed E-state index contributed by atoms with van der Waals surface area (Å²) >= 11 is 0. The van der Waals surface area contributed by atoms with Crippen LogP contribution in [-0.2, 0) is 37.2 Å². The maximum absolute atomic E-state index is 13.0. The number of rotatable bonds is 8. The number of nitriles is 1. The minimum Gasteiger partial charge on any atom is -0.489 e. The summed E-state index contributed by atoms with van der Waals surface area (Å²) < 4.78 is 46.0. The average Bonchev–Trinajstić information content (AvgIpc) is 3.26. The van der Waals surface area contributed by atoms with Gasteiger partial charge in [0.15, 0.2) is 0 Å². The van der Waals surface area contributed by atoms with Gasteiger partial charge < -0.3 is 14.4 Å². The van der Waals surface area contributed by atoms with Crippen LogP contribution in [0.25, 0.3) is 0 Å². The first-order valence-electron chi connectivity index (χ1n) is 10.9. The number of nitrogens with zero attached hydrogens (tertiary/aromatic N) is 5. The molecule has 1 aliphatic rings. The topological polar surface area (TPSA) is 104 Å². The van der Waals surface area contributed by atoms with Gasteiger partial charge in [-0.1, -0.05) is 36.4 Å². The van der Waals surface area contributed by atoms with Crippen molar-refractivity contribution in [2.45, 2.75) is 44.8 Å². The number of hydrogen-bond acceptors (Lipinski definition) is 6. The smallest absolute Gasteiger partial charge is 0.451 e. The predicted octanol–water partition coefficient (Wildman–Crippen LogP) is 3.59. The van der Waals surface area contributed by atoms with E-state index in [-0.39, 0.29) is 38.4 Å². The van der Waals surface area contributed by atoms with E-state index in [0.717, 1.165) is 15.7 Å². The van der Waals surface area contributed by atoms with Crippen molar-refractivity contribution < 1.29 is 27.8 Å². The number of carboxylic acids is 1. The standard InChI is InChI=1S/C24H22F3N5O3.Li/c25-24(26,27)23-30-29-21-14-31(8-9-32(21)23)13-16-2-1-3-17(10-16)15-35-20-6-4-18(5-7-20)19(12-28)11-22(33)34;/h1-7,10,19H,8-9,11,13-15H2,(H,33,34);. The molecule has 8 nitrogen and oxygen atoms in total. The van der Waals surface area contributed by atoms with Crippen LogP contribution in [0.5, 0.6) is 5.75 Å². The molecule has 0 aliphatic carbocycles. The van der Waals surface area contributed by atoms with Crippen LogP contribution in [0.4, 0.5) is 13.2 Å². The third-order valence-corrected chi connectivity index (χ3v) is 5.71. The quantitative estimate of drug-likeness (QED) is 0.479. The third kappa shape index (κ3) is 6.67. The zero-order chi connectivity index (χ0) is 25.0. The molecule has 0 saturated heterocycles. The van der Waals surface area contributed by atoms with Crippen molar-refractivity contribution in [3.05, 3.63) is 76.9 Å². The van der Waals surface area contributed by atoms with Crippen LogP contribution >= 0.6 is 0 Å². The van der Waals surface area contributed by atoms with Crippen molar-refractivity contribution in [1.29, 1.82) is 5.26 Å². The second-order valence-corrected chi connectivity index (χ2v) is 8.26. The largest absolute Gasteiger partial charge is 0.489 e. The Kier molecular flexibility index (Phi) is 8.80. The number of carbonyl (C=O) groups is 1. The number of aromatic nitrogens is 3. The molecule has 3 aromatic rings. The van der Waals surface area contributed by atoms with Crippen molar-refractivity contribution in [3.8, 4) is 11.8 Å². The van der Waals surface area contributed by atoms with E-state index in [0.29, 0.717) is 36.8 Å². The van der Waals surface area contributed by atoms with Crippen LogP contribution in [0.1, 0.15) is 40.7 Å². The Morgan fingerprint density at radius 1 is 1.14 bits per heavy atom. The molecule has 36 heavy (non-hydrogen) atoms. The Balaban J connectivity index is 0.00000361. The SMILES string of the molecule is N#CC(CC(=O)O)c1ccc(OCc2cccc(CN3CCn4c(nnc4C(F)(F)F)C3)c2)cc1.[Li]. The number of alkyl halides is 3. The molecule has 183 valence electrons. The summed E-state index contributed by atoms with van der Waals surface area (Å²) in [7, 11) is 0. The average molecular weight is 492 g/mol. The van der Waals surface area contributed by atoms with Gasteiger partial charge in [-0.3, -0.25) is 9.69 Å². The van der Waals surface area contributed by atoms with Crippen molar-refractivity contribution >= 4 is 24.8 Å². The van der Waals surface area contributed by atoms with E-state index >= 15 is 0 Å². The number of ether oxygens (including phenoxy) is 1. The van der Waals surface area contributed by atoms with Gasteiger partial charge in [0.2, 0.25) is 5.82 Å². The first kappa shape index (κ1) is 27.3. The summed E-state index contributed by atoms with van der Waals surface area (Å²) in [6, 6.07) is 16.5. The number of fused-ring (bicyclic) bond motifs is 1. The van der Waals surface area contributed by atoms with Crippen molar-refractivity contribution in [1.82, 2.24) is 19.7 Å². The minimum atomic E-state index is -4.52. The summed E-state index contributed by atoms with van der Waals surface area (Å²) in [4.78, 5) is 12.9. The fraction of sp³-hybridized carbons (Fsp3) is 0.333. The van der Waals surface area contributed by atoms with E-state index in [2.05, 4.69) is 10.2 Å². The molecular formula is C24H22F3LiN5O3. The fourth-order valence-corrected chi connectivity index (χ4v) is 4.00. The van der Waals surface area contributed by atoms with E-state index in [1.165, 1.54) is 0 Å². The fourth-order valence-electron chi connectivity index (χ4n) is 4.00. The second kappa shape index (κ2) is 11.6. The van der Waals surface area contributed by atoms with E-state index in [1.54, 1.807) is 24.3 Å². The molecular weight excluding hydrogens is 470 g/mol. The summed E-state index contributed by atoms with van der Waals surface area (Å²) in [6.45, 7) is 1.76. The Labute approximate surface area is 217 Å². The van der Waals surface area contributed by atoms with Gasteiger partial charge in [0.25, 0.3) is 0 Å². The van der Waals surface area contributed by atoms with Gasteiger partial charge in [-0.25, -0.2) is 0 Å². The molecule has 0 amide bonds. The Hall–Kier alpha value is -3.31. The van der Waals surface area contributed by atoms with Gasteiger partial charge in [-0.2, -0.15) is 18.4 Å². The number of halogens is 3. The van der Waals surface area contributed by atoms with Gasteiger partial charge in [0.1, 0.15) is 18.2 Å². The number of carboxylic acid groups (broad SMARTS) is 1. The van der Waals surface area contributed by atoms with Crippen molar-refractivity contribution in [2.75, 3.05) is 6.54 Å². The van der Waals surface area contributed by atoms with Crippen LogP contribution in [0.15, 0.2) is 48.5 Å². The van der Waals surface area contributed by atoms with E-state index < -0.39 is 23.9 Å². The molecule has 2 aromatic carbocycles. The van der Waals surface area contributed by atoms with Crippen LogP contribution in [0.3, 0.4) is 0 Å². The number of hydrogen-bond donors (Lipinski definition) is 1. The zero-order valence-electron chi connectivity index (χ0n) is 19.6. The van der Waals surface area contributed by atoms with Gasteiger partial charge in [0.05, 0.1) is 25.0 Å². The first-order chi connectivity index (χ1) is 16.7. The summed E-state index contributed by atoms with van der Waals surface area (Å²) in [5, 5.41) is 25.1. The van der Waals surface area contributed by atoms with Crippen LogP contribution in [0, 0.1) is 11.3 Å².